The van der Waals surface area contributed by atoms with Gasteiger partial charge in [-0.2, -0.15) is 10.1 Å². The fraction of sp³-hybridized carbons (Fsp3) is 0.208. The van der Waals surface area contributed by atoms with Crippen molar-refractivity contribution in [1.29, 1.82) is 0 Å². The molecule has 0 radical (unpaired) electrons. The third-order valence-electron chi connectivity index (χ3n) is 5.19. The zero-order chi connectivity index (χ0) is 24.1. The highest BCUT2D eigenvalue weighted by Crippen LogP contribution is 2.33. The van der Waals surface area contributed by atoms with Crippen LogP contribution < -0.4 is 20.8 Å². The number of carbonyl (C=O) groups excluding carboxylic acids is 2. The number of nitrogens with two attached hydrogens (primary N) is 1. The van der Waals surface area contributed by atoms with Crippen LogP contribution in [0.3, 0.4) is 0 Å². The molecule has 4 rings (SSSR count). The Kier molecular flexibility index (Phi) is 7.03. The number of halogens is 1. The highest BCUT2D eigenvalue weighted by Gasteiger charge is 2.33. The minimum absolute atomic E-state index is 0.0885. The molecule has 3 N–H and O–H groups in total. The van der Waals surface area contributed by atoms with E-state index >= 15 is 0 Å². The molecule has 2 aromatic carbocycles. The van der Waals surface area contributed by atoms with Gasteiger partial charge in [-0.15, -0.1) is 0 Å². The van der Waals surface area contributed by atoms with Crippen LogP contribution in [0.25, 0.3) is 0 Å². The fourth-order valence-electron chi connectivity index (χ4n) is 3.64. The molecular formula is C24H23ClN6O3. The van der Waals surface area contributed by atoms with Gasteiger partial charge in [-0.05, 0) is 30.2 Å². The third-order valence-corrected chi connectivity index (χ3v) is 5.44. The second-order valence-electron chi connectivity index (χ2n) is 7.51. The van der Waals surface area contributed by atoms with E-state index in [-0.39, 0.29) is 29.9 Å². The first-order chi connectivity index (χ1) is 16.5. The molecule has 1 aliphatic heterocycles. The molecule has 0 bridgehead atoms. The van der Waals surface area contributed by atoms with E-state index in [1.165, 1.54) is 6.20 Å². The van der Waals surface area contributed by atoms with Crippen LogP contribution in [0.4, 0.5) is 5.82 Å². The minimum atomic E-state index is -0.657. The van der Waals surface area contributed by atoms with Crippen LogP contribution in [0.2, 0.25) is 5.02 Å². The molecule has 0 saturated carbocycles. The Labute approximate surface area is 201 Å². The maximum Gasteiger partial charge on any atom is 0.318 e. The van der Waals surface area contributed by atoms with Crippen LogP contribution in [-0.2, 0) is 4.79 Å². The Morgan fingerprint density at radius 2 is 1.91 bits per heavy atom. The molecule has 3 aromatic rings. The second kappa shape index (κ2) is 10.3. The number of anilines is 1. The van der Waals surface area contributed by atoms with Crippen molar-refractivity contribution in [2.75, 3.05) is 24.7 Å². The first-order valence-electron chi connectivity index (χ1n) is 10.7. The molecule has 1 unspecified atom stereocenters. The Bertz CT molecular complexity index is 1220. The number of carbonyl (C=O) groups is 2. The topological polar surface area (TPSA) is 123 Å². The van der Waals surface area contributed by atoms with Crippen molar-refractivity contribution in [3.63, 3.8) is 0 Å². The van der Waals surface area contributed by atoms with Gasteiger partial charge in [0.05, 0.1) is 25.4 Å². The lowest BCUT2D eigenvalue weighted by molar-refractivity contribution is -0.117. The summed E-state index contributed by atoms with van der Waals surface area (Å²) in [5.74, 6) is -1.02. The number of rotatable bonds is 8. The van der Waals surface area contributed by atoms with Gasteiger partial charge in [-0.25, -0.2) is 9.99 Å². The predicted molar refractivity (Wildman–Crippen MR) is 129 cm³/mol. The monoisotopic (exact) mass is 478 g/mol. The highest BCUT2D eigenvalue weighted by atomic mass is 35.5. The lowest BCUT2D eigenvalue weighted by Gasteiger charge is -2.18. The molecule has 1 atom stereocenters. The number of primary amides is 1. The summed E-state index contributed by atoms with van der Waals surface area (Å²) in [6.45, 7) is 2.30. The number of amides is 2. The van der Waals surface area contributed by atoms with Gasteiger partial charge in [0.1, 0.15) is 5.56 Å². The predicted octanol–water partition coefficient (Wildman–Crippen LogP) is 2.75. The lowest BCUT2D eigenvalue weighted by Crippen LogP contribution is -2.34. The molecule has 2 amide bonds. The maximum atomic E-state index is 12.8. The summed E-state index contributed by atoms with van der Waals surface area (Å²) >= 11 is 6.09. The quantitative estimate of drug-likeness (QED) is 0.513. The van der Waals surface area contributed by atoms with E-state index in [1.807, 2.05) is 61.5 Å². The van der Waals surface area contributed by atoms with E-state index in [0.717, 1.165) is 16.8 Å². The minimum Gasteiger partial charge on any atom is -0.464 e. The second-order valence-corrected chi connectivity index (χ2v) is 7.95. The number of hydrogen-bond donors (Lipinski definition) is 2. The van der Waals surface area contributed by atoms with Gasteiger partial charge < -0.3 is 15.8 Å². The van der Waals surface area contributed by atoms with Crippen LogP contribution in [0.5, 0.6) is 6.01 Å². The van der Waals surface area contributed by atoms with Crippen LogP contribution >= 0.6 is 11.6 Å². The first kappa shape index (κ1) is 23.2. The van der Waals surface area contributed by atoms with Crippen molar-refractivity contribution in [2.24, 2.45) is 10.8 Å². The van der Waals surface area contributed by atoms with Gasteiger partial charge in [0.15, 0.2) is 5.82 Å². The van der Waals surface area contributed by atoms with Crippen molar-refractivity contribution in [2.45, 2.75) is 12.8 Å². The number of benzene rings is 2. The summed E-state index contributed by atoms with van der Waals surface area (Å²) in [7, 11) is 0. The molecule has 174 valence electrons. The zero-order valence-electron chi connectivity index (χ0n) is 18.4. The van der Waals surface area contributed by atoms with Gasteiger partial charge in [0, 0.05) is 17.1 Å². The average Bonchev–Trinajstić information content (AvgIpc) is 3.29. The number of hydrazone groups is 1. The third kappa shape index (κ3) is 5.15. The number of nitrogens with one attached hydrogen (secondary N) is 1. The molecule has 1 aliphatic rings. The number of nitrogens with zero attached hydrogens (tertiary/aromatic N) is 4. The van der Waals surface area contributed by atoms with Gasteiger partial charge in [0.2, 0.25) is 5.91 Å². The van der Waals surface area contributed by atoms with Crippen molar-refractivity contribution < 1.29 is 14.3 Å². The van der Waals surface area contributed by atoms with Crippen molar-refractivity contribution in [1.82, 2.24) is 15.3 Å². The molecule has 10 heteroatoms. The smallest absolute Gasteiger partial charge is 0.318 e. The summed E-state index contributed by atoms with van der Waals surface area (Å²) in [6.07, 6.45) is 1.36. The van der Waals surface area contributed by atoms with Gasteiger partial charge in [0.25, 0.3) is 5.91 Å². The molecular weight excluding hydrogens is 456 g/mol. The number of aromatic nitrogens is 2. The van der Waals surface area contributed by atoms with Crippen molar-refractivity contribution >= 4 is 34.9 Å². The van der Waals surface area contributed by atoms with Crippen molar-refractivity contribution in [3.05, 3.63) is 82.5 Å². The maximum absolute atomic E-state index is 12.8. The Morgan fingerprint density at radius 3 is 2.59 bits per heavy atom. The lowest BCUT2D eigenvalue weighted by atomic mass is 9.91. The van der Waals surface area contributed by atoms with Crippen LogP contribution in [0.1, 0.15) is 34.3 Å². The highest BCUT2D eigenvalue weighted by molar-refractivity contribution is 6.30. The molecule has 9 nitrogen and oxygen atoms in total. The number of hydrogen-bond acceptors (Lipinski definition) is 7. The summed E-state index contributed by atoms with van der Waals surface area (Å²) in [5.41, 5.74) is 8.10. The number of ether oxygens (including phenoxy) is 1. The average molecular weight is 479 g/mol. The van der Waals surface area contributed by atoms with E-state index in [4.69, 9.17) is 27.2 Å². The van der Waals surface area contributed by atoms with E-state index in [2.05, 4.69) is 15.3 Å². The van der Waals surface area contributed by atoms with Crippen LogP contribution in [0.15, 0.2) is 65.9 Å². The SMILES string of the molecule is CCOc1ncc(C(=O)NCC(N)=O)c(N2CC(c3ccccc3)C(c3ccc(Cl)cc3)=N2)n1. The summed E-state index contributed by atoms with van der Waals surface area (Å²) in [4.78, 5) is 32.5. The standard InChI is InChI=1S/C24H23ClN6O3/c1-2-34-24-28-12-18(23(33)27-13-20(26)32)22(29-24)31-14-19(15-6-4-3-5-7-15)21(30-31)16-8-10-17(25)11-9-16/h3-12,19H,2,13-14H2,1H3,(H2,26,32)(H,27,33). The van der Waals surface area contributed by atoms with E-state index in [9.17, 15) is 9.59 Å². The first-order valence-corrected chi connectivity index (χ1v) is 11.1. The Balaban J connectivity index is 1.77. The molecule has 1 aromatic heterocycles. The normalized spacial score (nSPS) is 15.1. The molecule has 0 saturated heterocycles. The molecule has 2 heterocycles. The van der Waals surface area contributed by atoms with Crippen LogP contribution in [-0.4, -0.2) is 47.2 Å². The summed E-state index contributed by atoms with van der Waals surface area (Å²) in [5, 5.41) is 9.61. The molecule has 0 aliphatic carbocycles. The molecule has 0 spiro atoms. The Hall–Kier alpha value is -3.98. The zero-order valence-corrected chi connectivity index (χ0v) is 19.2. The van der Waals surface area contributed by atoms with E-state index in [0.29, 0.717) is 18.2 Å². The van der Waals surface area contributed by atoms with Gasteiger partial charge >= 0.3 is 6.01 Å². The van der Waals surface area contributed by atoms with Crippen LogP contribution in [0, 0.1) is 0 Å². The van der Waals surface area contributed by atoms with E-state index in [1.54, 1.807) is 5.01 Å². The van der Waals surface area contributed by atoms with E-state index < -0.39 is 11.8 Å². The summed E-state index contributed by atoms with van der Waals surface area (Å²) < 4.78 is 5.46. The van der Waals surface area contributed by atoms with Crippen molar-refractivity contribution in [3.8, 4) is 6.01 Å². The molecule has 0 fully saturated rings. The Morgan fingerprint density at radius 1 is 1.18 bits per heavy atom. The fourth-order valence-corrected chi connectivity index (χ4v) is 3.76. The largest absolute Gasteiger partial charge is 0.464 e. The summed E-state index contributed by atoms with van der Waals surface area (Å²) in [6, 6.07) is 17.5. The van der Waals surface area contributed by atoms with Gasteiger partial charge in [-0.3, -0.25) is 9.59 Å². The van der Waals surface area contributed by atoms with Gasteiger partial charge in [-0.1, -0.05) is 54.1 Å². The molecule has 34 heavy (non-hydrogen) atoms.